The van der Waals surface area contributed by atoms with E-state index in [9.17, 15) is 4.79 Å². The van der Waals surface area contributed by atoms with Gasteiger partial charge in [0.05, 0.1) is 0 Å². The maximum atomic E-state index is 14.1. The normalized spacial score (nSPS) is 15.3. The van der Waals surface area contributed by atoms with Crippen molar-refractivity contribution < 1.29 is 4.79 Å². The van der Waals surface area contributed by atoms with Gasteiger partial charge in [-0.15, -0.1) is 16.8 Å². The molecule has 0 bridgehead atoms. The van der Waals surface area contributed by atoms with Crippen LogP contribution in [0.25, 0.3) is 10.9 Å². The molecule has 5 nitrogen and oxygen atoms in total. The van der Waals surface area contributed by atoms with E-state index in [0.29, 0.717) is 12.5 Å². The third kappa shape index (κ3) is 4.72. The Balaban J connectivity index is 1.54. The number of allylic oxidation sites excluding steroid dienone is 1. The number of hydrogen-bond donors (Lipinski definition) is 1. The number of thioether (sulfide) groups is 1. The number of carbonyl (C=O) groups is 1. The maximum absolute atomic E-state index is 14.1. The van der Waals surface area contributed by atoms with Gasteiger partial charge in [0.15, 0.2) is 10.9 Å². The molecule has 1 aliphatic carbocycles. The van der Waals surface area contributed by atoms with Crippen molar-refractivity contribution >= 4 is 28.4 Å². The average Bonchev–Trinajstić information content (AvgIpc) is 3.52. The first-order valence-electron chi connectivity index (χ1n) is 12.6. The predicted molar refractivity (Wildman–Crippen MR) is 143 cm³/mol. The molecule has 1 fully saturated rings. The lowest BCUT2D eigenvalue weighted by Gasteiger charge is -2.22. The van der Waals surface area contributed by atoms with Gasteiger partial charge in [-0.25, -0.2) is 0 Å². The van der Waals surface area contributed by atoms with Gasteiger partial charge < -0.3 is 9.55 Å². The van der Waals surface area contributed by atoms with Crippen molar-refractivity contribution in [2.45, 2.75) is 68.3 Å². The van der Waals surface area contributed by atoms with Crippen LogP contribution in [0.15, 0.2) is 72.5 Å². The average molecular weight is 485 g/mol. The first kappa shape index (κ1) is 23.6. The number of Topliss-reactive ketones (excluding diaryl/α,β-unsaturated/α-hetero) is 1. The molecule has 2 aromatic carbocycles. The summed E-state index contributed by atoms with van der Waals surface area (Å²) in [7, 11) is 0. The van der Waals surface area contributed by atoms with Crippen LogP contribution in [0.1, 0.15) is 77.5 Å². The number of benzene rings is 2. The first-order valence-corrected chi connectivity index (χ1v) is 13.5. The number of aromatic nitrogens is 4. The molecule has 0 amide bonds. The number of H-pyrrole nitrogens is 1. The largest absolute Gasteiger partial charge is 0.360 e. The fraction of sp³-hybridized carbons (Fsp3) is 0.345. The van der Waals surface area contributed by atoms with Crippen molar-refractivity contribution in [3.8, 4) is 0 Å². The number of fused-ring (bicyclic) bond motifs is 1. The lowest BCUT2D eigenvalue weighted by Crippen LogP contribution is -2.14. The number of aromatic amines is 1. The molecule has 5 rings (SSSR count). The van der Waals surface area contributed by atoms with Crippen LogP contribution in [-0.4, -0.2) is 25.5 Å². The van der Waals surface area contributed by atoms with Crippen LogP contribution >= 0.6 is 11.8 Å². The number of rotatable bonds is 9. The molecule has 0 aliphatic heterocycles. The second-order valence-electron chi connectivity index (χ2n) is 9.24. The number of carbonyl (C=O) groups excluding carboxylic acids is 1. The molecule has 4 aromatic rings. The van der Waals surface area contributed by atoms with Gasteiger partial charge >= 0.3 is 0 Å². The molecule has 6 heteroatoms. The second kappa shape index (κ2) is 10.6. The summed E-state index contributed by atoms with van der Waals surface area (Å²) in [5, 5.41) is 10.6. The van der Waals surface area contributed by atoms with E-state index in [1.54, 1.807) is 0 Å². The first-order chi connectivity index (χ1) is 17.2. The topological polar surface area (TPSA) is 63.6 Å². The van der Waals surface area contributed by atoms with Crippen LogP contribution in [0.2, 0.25) is 0 Å². The van der Waals surface area contributed by atoms with Gasteiger partial charge in [0, 0.05) is 35.1 Å². The molecule has 1 N–H and O–H groups in total. The minimum absolute atomic E-state index is 0.0769. The molecule has 2 heterocycles. The molecular formula is C29H32N4OS. The molecule has 1 atom stereocenters. The Kier molecular flexibility index (Phi) is 7.19. The lowest BCUT2D eigenvalue weighted by atomic mass is 9.89. The number of aryl methyl sites for hydroxylation is 1. The van der Waals surface area contributed by atoms with Gasteiger partial charge in [0.25, 0.3) is 0 Å². The van der Waals surface area contributed by atoms with Crippen molar-refractivity contribution in [3.63, 3.8) is 0 Å². The van der Waals surface area contributed by atoms with Crippen LogP contribution < -0.4 is 0 Å². The van der Waals surface area contributed by atoms with E-state index < -0.39 is 5.25 Å². The molecule has 0 spiro atoms. The lowest BCUT2D eigenvalue weighted by molar-refractivity contribution is 0.0991. The molecule has 1 aliphatic rings. The third-order valence-electron chi connectivity index (χ3n) is 7.04. The number of nitrogens with one attached hydrogen (secondary N) is 1. The van der Waals surface area contributed by atoms with Crippen molar-refractivity contribution in [1.82, 2.24) is 19.7 Å². The summed E-state index contributed by atoms with van der Waals surface area (Å²) < 4.78 is 2.17. The Hall–Kier alpha value is -3.12. The SMILES string of the molecule is C=CCn1c(S[C@@H](C(=O)c2c[nH]c3c(CC)cccc23)c2ccccc2)nnc1C1CCCCC1. The quantitative estimate of drug-likeness (QED) is 0.154. The summed E-state index contributed by atoms with van der Waals surface area (Å²) in [6, 6.07) is 16.2. The fourth-order valence-electron chi connectivity index (χ4n) is 5.21. The molecular weight excluding hydrogens is 452 g/mol. The van der Waals surface area contributed by atoms with E-state index in [2.05, 4.69) is 39.3 Å². The second-order valence-corrected chi connectivity index (χ2v) is 10.3. The van der Waals surface area contributed by atoms with E-state index in [-0.39, 0.29) is 5.78 Å². The minimum atomic E-state index is -0.424. The van der Waals surface area contributed by atoms with Crippen molar-refractivity contribution in [2.75, 3.05) is 0 Å². The molecule has 180 valence electrons. The van der Waals surface area contributed by atoms with E-state index in [1.165, 1.54) is 36.6 Å². The fourth-order valence-corrected chi connectivity index (χ4v) is 6.34. The van der Waals surface area contributed by atoms with Crippen molar-refractivity contribution in [1.29, 1.82) is 0 Å². The molecule has 0 unspecified atom stereocenters. The van der Waals surface area contributed by atoms with E-state index >= 15 is 0 Å². The molecule has 2 aromatic heterocycles. The zero-order valence-corrected chi connectivity index (χ0v) is 21.1. The Morgan fingerprint density at radius 1 is 1.14 bits per heavy atom. The molecule has 1 saturated carbocycles. The Morgan fingerprint density at radius 3 is 2.69 bits per heavy atom. The summed E-state index contributed by atoms with van der Waals surface area (Å²) in [6.45, 7) is 6.75. The van der Waals surface area contributed by atoms with Gasteiger partial charge in [0.1, 0.15) is 11.1 Å². The van der Waals surface area contributed by atoms with Gasteiger partial charge in [-0.3, -0.25) is 4.79 Å². The minimum Gasteiger partial charge on any atom is -0.360 e. The highest BCUT2D eigenvalue weighted by Gasteiger charge is 2.30. The monoisotopic (exact) mass is 484 g/mol. The summed E-state index contributed by atoms with van der Waals surface area (Å²) in [6.07, 6.45) is 10.7. The molecule has 0 saturated heterocycles. The Bertz CT molecular complexity index is 1320. The predicted octanol–water partition coefficient (Wildman–Crippen LogP) is 7.27. The van der Waals surface area contributed by atoms with Crippen LogP contribution in [0.3, 0.4) is 0 Å². The zero-order valence-electron chi connectivity index (χ0n) is 20.2. The maximum Gasteiger partial charge on any atom is 0.192 e. The number of para-hydroxylation sites is 1. The van der Waals surface area contributed by atoms with Gasteiger partial charge in [-0.05, 0) is 30.4 Å². The summed E-state index contributed by atoms with van der Waals surface area (Å²) in [4.78, 5) is 17.4. The molecule has 35 heavy (non-hydrogen) atoms. The summed E-state index contributed by atoms with van der Waals surface area (Å²) >= 11 is 1.50. The van der Waals surface area contributed by atoms with E-state index in [0.717, 1.165) is 52.3 Å². The highest BCUT2D eigenvalue weighted by Crippen LogP contribution is 2.40. The standard InChI is InChI=1S/C29H32N4OS/c1-3-18-33-28(22-14-9-6-10-15-22)31-32-29(33)35-27(21-12-7-5-8-13-21)26(34)24-19-30-25-20(4-2)16-11-17-23(24)25/h3,5,7-8,11-13,16-17,19,22,27,30H,1,4,6,9-10,14-15,18H2,2H3/t27-/m1/s1. The van der Waals surface area contributed by atoms with E-state index in [1.807, 2.05) is 54.7 Å². The van der Waals surface area contributed by atoms with Crippen LogP contribution in [0.5, 0.6) is 0 Å². The zero-order chi connectivity index (χ0) is 24.2. The Morgan fingerprint density at radius 2 is 1.94 bits per heavy atom. The highest BCUT2D eigenvalue weighted by molar-refractivity contribution is 8.00. The summed E-state index contributed by atoms with van der Waals surface area (Å²) in [5.74, 6) is 1.54. The summed E-state index contributed by atoms with van der Waals surface area (Å²) in [5.41, 5.74) is 3.95. The van der Waals surface area contributed by atoms with Crippen molar-refractivity contribution in [3.05, 3.63) is 89.9 Å². The highest BCUT2D eigenvalue weighted by atomic mass is 32.2. The van der Waals surface area contributed by atoms with Crippen LogP contribution in [0.4, 0.5) is 0 Å². The molecule has 0 radical (unpaired) electrons. The third-order valence-corrected chi connectivity index (χ3v) is 8.27. The number of hydrogen-bond acceptors (Lipinski definition) is 4. The van der Waals surface area contributed by atoms with E-state index in [4.69, 9.17) is 0 Å². The number of ketones is 1. The smallest absolute Gasteiger partial charge is 0.192 e. The Labute approximate surface area is 211 Å². The van der Waals surface area contributed by atoms with Gasteiger partial charge in [-0.2, -0.15) is 0 Å². The number of nitrogens with zero attached hydrogens (tertiary/aromatic N) is 3. The van der Waals surface area contributed by atoms with Crippen LogP contribution in [0, 0.1) is 0 Å². The van der Waals surface area contributed by atoms with Gasteiger partial charge in [0.2, 0.25) is 0 Å². The van der Waals surface area contributed by atoms with Crippen molar-refractivity contribution in [2.24, 2.45) is 0 Å². The van der Waals surface area contributed by atoms with Gasteiger partial charge in [-0.1, -0.05) is 92.6 Å². The van der Waals surface area contributed by atoms with Crippen LogP contribution in [-0.2, 0) is 13.0 Å².